The van der Waals surface area contributed by atoms with Crippen molar-refractivity contribution in [2.75, 3.05) is 24.2 Å². The normalized spacial score (nSPS) is 17.0. The van der Waals surface area contributed by atoms with Crippen LogP contribution in [-0.4, -0.2) is 40.5 Å². The molecule has 0 unspecified atom stereocenters. The second kappa shape index (κ2) is 6.70. The monoisotopic (exact) mass is 342 g/mol. The maximum Gasteiger partial charge on any atom is 0.226 e. The van der Waals surface area contributed by atoms with Crippen molar-refractivity contribution in [3.63, 3.8) is 0 Å². The molecule has 0 radical (unpaired) electrons. The number of benzene rings is 1. The van der Waals surface area contributed by atoms with Gasteiger partial charge in [-0.25, -0.2) is 9.97 Å². The van der Waals surface area contributed by atoms with Crippen molar-refractivity contribution < 1.29 is 5.11 Å². The van der Waals surface area contributed by atoms with E-state index in [4.69, 9.17) is 9.97 Å². The molecular formula is C18H22N4OS. The first-order valence-corrected chi connectivity index (χ1v) is 9.65. The Morgan fingerprint density at radius 2 is 2.00 bits per heavy atom. The highest BCUT2D eigenvalue weighted by Crippen LogP contribution is 2.32. The van der Waals surface area contributed by atoms with Crippen molar-refractivity contribution in [2.24, 2.45) is 0 Å². The lowest BCUT2D eigenvalue weighted by molar-refractivity contribution is 0.140. The number of anilines is 1. The minimum absolute atomic E-state index is 0.242. The smallest absolute Gasteiger partial charge is 0.226 e. The van der Waals surface area contributed by atoms with Gasteiger partial charge in [-0.05, 0) is 31.1 Å². The van der Waals surface area contributed by atoms with Gasteiger partial charge in [0.25, 0.3) is 0 Å². The molecular weight excluding hydrogens is 320 g/mol. The highest BCUT2D eigenvalue weighted by Gasteiger charge is 2.29. The molecule has 1 aliphatic carbocycles. The van der Waals surface area contributed by atoms with Crippen LogP contribution in [0.3, 0.4) is 0 Å². The van der Waals surface area contributed by atoms with Gasteiger partial charge >= 0.3 is 0 Å². The largest absolute Gasteiger partial charge is 0.389 e. The Bertz CT molecular complexity index is 729. The summed E-state index contributed by atoms with van der Waals surface area (Å²) in [6, 6.07) is 8.64. The van der Waals surface area contributed by atoms with Crippen LogP contribution in [0.25, 0.3) is 11.3 Å². The molecule has 4 rings (SSSR count). The number of aryl methyl sites for hydroxylation is 1. The van der Waals surface area contributed by atoms with Gasteiger partial charge in [0.1, 0.15) is 0 Å². The van der Waals surface area contributed by atoms with E-state index in [1.165, 1.54) is 16.8 Å². The molecule has 1 saturated heterocycles. The van der Waals surface area contributed by atoms with E-state index in [9.17, 15) is 5.11 Å². The molecule has 0 saturated carbocycles. The third-order valence-corrected chi connectivity index (χ3v) is 5.15. The number of aliphatic hydroxyl groups is 1. The number of nitrogens with zero attached hydrogens (tertiary/aromatic N) is 3. The van der Waals surface area contributed by atoms with Gasteiger partial charge in [-0.3, -0.25) is 4.72 Å². The Morgan fingerprint density at radius 1 is 1.21 bits per heavy atom. The van der Waals surface area contributed by atoms with Crippen molar-refractivity contribution in [1.29, 1.82) is 0 Å². The lowest BCUT2D eigenvalue weighted by Gasteiger charge is -2.36. The van der Waals surface area contributed by atoms with Crippen molar-refractivity contribution in [3.05, 3.63) is 41.1 Å². The van der Waals surface area contributed by atoms with E-state index in [1.807, 2.05) is 6.26 Å². The van der Waals surface area contributed by atoms with Crippen LogP contribution in [0, 0.1) is 0 Å². The quantitative estimate of drug-likeness (QED) is 0.812. The summed E-state index contributed by atoms with van der Waals surface area (Å²) in [6.07, 6.45) is 5.03. The summed E-state index contributed by atoms with van der Waals surface area (Å²) in [5, 5.41) is 9.56. The van der Waals surface area contributed by atoms with Gasteiger partial charge < -0.3 is 10.0 Å². The van der Waals surface area contributed by atoms with Gasteiger partial charge in [0, 0.05) is 36.5 Å². The van der Waals surface area contributed by atoms with E-state index >= 15 is 0 Å². The molecule has 0 atom stereocenters. The Balaban J connectivity index is 1.66. The minimum atomic E-state index is -0.242. The Kier molecular flexibility index (Phi) is 4.43. The fourth-order valence-electron chi connectivity index (χ4n) is 3.35. The number of nitrogens with one attached hydrogen (secondary N) is 1. The highest BCUT2D eigenvalue weighted by molar-refractivity contribution is 7.96. The molecule has 2 aliphatic rings. The average Bonchev–Trinajstić information content (AvgIpc) is 3.05. The van der Waals surface area contributed by atoms with E-state index in [2.05, 4.69) is 33.9 Å². The highest BCUT2D eigenvalue weighted by atomic mass is 32.2. The van der Waals surface area contributed by atoms with Crippen LogP contribution in [0.1, 0.15) is 23.2 Å². The zero-order valence-electron chi connectivity index (χ0n) is 13.8. The van der Waals surface area contributed by atoms with E-state index in [1.54, 1.807) is 11.9 Å². The third kappa shape index (κ3) is 3.01. The Morgan fingerprint density at radius 3 is 2.71 bits per heavy atom. The number of aliphatic hydroxyl groups excluding tert-OH is 1. The molecule has 5 nitrogen and oxygen atoms in total. The number of β-amino-alcohol motifs (C(OH)–C–C–N with tert-alkyl or cyclic N) is 1. The zero-order chi connectivity index (χ0) is 16.5. The first kappa shape index (κ1) is 15.9. The van der Waals surface area contributed by atoms with Crippen LogP contribution in [0.15, 0.2) is 24.3 Å². The fourth-order valence-corrected chi connectivity index (χ4v) is 3.67. The number of hydrogen-bond donors (Lipinski definition) is 2. The predicted octanol–water partition coefficient (Wildman–Crippen LogP) is 2.18. The second-order valence-electron chi connectivity index (χ2n) is 6.43. The standard InChI is InChI=1S/C18H22N4OS/c1-24-19-9-12-5-7-13(8-6-12)17-15-3-2-4-16(15)20-18(21-17)22-10-14(23)11-22/h5-8,14,19,23H,2-4,9-11H2,1H3. The van der Waals surface area contributed by atoms with Gasteiger partial charge in [0.2, 0.25) is 5.95 Å². The Hall–Kier alpha value is -1.63. The molecule has 2 N–H and O–H groups in total. The first-order valence-electron chi connectivity index (χ1n) is 8.42. The van der Waals surface area contributed by atoms with Crippen LogP contribution in [-0.2, 0) is 19.4 Å². The van der Waals surface area contributed by atoms with Gasteiger partial charge in [-0.1, -0.05) is 36.2 Å². The molecule has 0 spiro atoms. The minimum Gasteiger partial charge on any atom is -0.389 e. The van der Waals surface area contributed by atoms with E-state index in [-0.39, 0.29) is 6.10 Å². The van der Waals surface area contributed by atoms with Crippen LogP contribution in [0.5, 0.6) is 0 Å². The van der Waals surface area contributed by atoms with Crippen LogP contribution in [0.2, 0.25) is 0 Å². The predicted molar refractivity (Wildman–Crippen MR) is 98.1 cm³/mol. The molecule has 0 amide bonds. The van der Waals surface area contributed by atoms with Gasteiger partial charge in [0.05, 0.1) is 11.8 Å². The molecule has 6 heteroatoms. The second-order valence-corrected chi connectivity index (χ2v) is 7.13. The van der Waals surface area contributed by atoms with Crippen molar-refractivity contribution >= 4 is 17.9 Å². The Labute approximate surface area is 146 Å². The third-order valence-electron chi connectivity index (χ3n) is 4.71. The molecule has 24 heavy (non-hydrogen) atoms. The van der Waals surface area contributed by atoms with Gasteiger partial charge in [0.15, 0.2) is 0 Å². The summed E-state index contributed by atoms with van der Waals surface area (Å²) in [7, 11) is 0. The lowest BCUT2D eigenvalue weighted by Crippen LogP contribution is -2.51. The van der Waals surface area contributed by atoms with Crippen LogP contribution >= 0.6 is 11.9 Å². The zero-order valence-corrected chi connectivity index (χ0v) is 14.6. The molecule has 1 aliphatic heterocycles. The summed E-state index contributed by atoms with van der Waals surface area (Å²) in [5.41, 5.74) is 5.98. The molecule has 2 aromatic rings. The molecule has 1 fully saturated rings. The van der Waals surface area contributed by atoms with E-state index in [0.717, 1.165) is 43.0 Å². The van der Waals surface area contributed by atoms with Crippen molar-refractivity contribution in [3.8, 4) is 11.3 Å². The topological polar surface area (TPSA) is 61.3 Å². The molecule has 2 heterocycles. The molecule has 1 aromatic heterocycles. The van der Waals surface area contributed by atoms with E-state index in [0.29, 0.717) is 13.1 Å². The first-order chi connectivity index (χ1) is 11.7. The molecule has 0 bridgehead atoms. The summed E-state index contributed by atoms with van der Waals surface area (Å²) < 4.78 is 3.27. The molecule has 1 aromatic carbocycles. The molecule has 126 valence electrons. The lowest BCUT2D eigenvalue weighted by atomic mass is 10.0. The van der Waals surface area contributed by atoms with Crippen LogP contribution in [0.4, 0.5) is 5.95 Å². The SMILES string of the molecule is CSNCc1ccc(-c2nc(N3CC(O)C3)nc3c2CCC3)cc1. The number of rotatable bonds is 5. The van der Waals surface area contributed by atoms with Crippen molar-refractivity contribution in [2.45, 2.75) is 31.9 Å². The fraction of sp³-hybridized carbons (Fsp3) is 0.444. The average molecular weight is 342 g/mol. The maximum absolute atomic E-state index is 9.56. The number of hydrogen-bond acceptors (Lipinski definition) is 6. The van der Waals surface area contributed by atoms with Gasteiger partial charge in [-0.2, -0.15) is 0 Å². The number of aromatic nitrogens is 2. The summed E-state index contributed by atoms with van der Waals surface area (Å²) in [4.78, 5) is 11.7. The summed E-state index contributed by atoms with van der Waals surface area (Å²) >= 11 is 1.63. The van der Waals surface area contributed by atoms with E-state index < -0.39 is 0 Å². The summed E-state index contributed by atoms with van der Waals surface area (Å²) in [5.74, 6) is 0.768. The summed E-state index contributed by atoms with van der Waals surface area (Å²) in [6.45, 7) is 2.13. The van der Waals surface area contributed by atoms with Crippen LogP contribution < -0.4 is 9.62 Å². The maximum atomic E-state index is 9.56. The van der Waals surface area contributed by atoms with Crippen molar-refractivity contribution in [1.82, 2.24) is 14.7 Å². The number of fused-ring (bicyclic) bond motifs is 1. The van der Waals surface area contributed by atoms with Gasteiger partial charge in [-0.15, -0.1) is 0 Å².